The number of ketones is 2. The van der Waals surface area contributed by atoms with E-state index in [1.165, 1.54) is 0 Å². The molecule has 33 heavy (non-hydrogen) atoms. The van der Waals surface area contributed by atoms with Crippen LogP contribution in [0.15, 0.2) is 34.8 Å². The van der Waals surface area contributed by atoms with Crippen molar-refractivity contribution in [1.29, 1.82) is 0 Å². The minimum atomic E-state index is -1.14. The second-order valence-corrected chi connectivity index (χ2v) is 12.1. The maximum Gasteiger partial charge on any atom is 0.183 e. The second-order valence-electron chi connectivity index (χ2n) is 12.1. The zero-order valence-electron chi connectivity index (χ0n) is 21.6. The number of Topliss-reactive ketones (excluding diaryl/α,β-unsaturated/α-hetero) is 2. The molecule has 1 aliphatic heterocycles. The molecule has 1 saturated heterocycles. The van der Waals surface area contributed by atoms with Crippen molar-refractivity contribution in [2.24, 2.45) is 29.1 Å². The smallest absolute Gasteiger partial charge is 0.183 e. The normalized spacial score (nSPS) is 32.9. The summed E-state index contributed by atoms with van der Waals surface area (Å²) in [6.07, 6.45) is 8.21. The number of hydrogen-bond donors (Lipinski definition) is 2. The van der Waals surface area contributed by atoms with Gasteiger partial charge in [0.15, 0.2) is 11.6 Å². The minimum absolute atomic E-state index is 0.0258. The monoisotopic (exact) mass is 458 g/mol. The minimum Gasteiger partial charge on any atom is -0.511 e. The van der Waals surface area contributed by atoms with Gasteiger partial charge in [-0.1, -0.05) is 32.9 Å². The maximum absolute atomic E-state index is 13.4. The van der Waals surface area contributed by atoms with Gasteiger partial charge in [-0.25, -0.2) is 0 Å². The zero-order chi connectivity index (χ0) is 24.9. The highest BCUT2D eigenvalue weighted by Crippen LogP contribution is 2.52. The summed E-state index contributed by atoms with van der Waals surface area (Å²) in [5, 5.41) is 21.9. The molecule has 0 unspecified atom stereocenters. The largest absolute Gasteiger partial charge is 0.511 e. The van der Waals surface area contributed by atoms with Crippen LogP contribution in [0.2, 0.25) is 0 Å². The van der Waals surface area contributed by atoms with Gasteiger partial charge in [0.25, 0.3) is 0 Å². The third-order valence-corrected chi connectivity index (χ3v) is 8.10. The summed E-state index contributed by atoms with van der Waals surface area (Å²) < 4.78 is 6.64. The van der Waals surface area contributed by atoms with Crippen LogP contribution in [0.25, 0.3) is 0 Å². The van der Waals surface area contributed by atoms with Crippen LogP contribution in [0.5, 0.6) is 0 Å². The van der Waals surface area contributed by atoms with Crippen molar-refractivity contribution in [1.82, 2.24) is 0 Å². The number of carbonyl (C=O) groups excluding carboxylic acids is 2. The van der Waals surface area contributed by atoms with Gasteiger partial charge in [-0.2, -0.15) is 0 Å². The zero-order valence-corrected chi connectivity index (χ0v) is 21.6. The molecule has 2 aliphatic carbocycles. The number of allylic oxidation sites excluding steroid dienone is 4. The molecular weight excluding hydrogens is 416 g/mol. The summed E-state index contributed by atoms with van der Waals surface area (Å²) in [5.74, 6) is -0.168. The fraction of sp³-hybridized carbons (Fsp3) is 0.714. The third kappa shape index (κ3) is 4.71. The molecule has 1 fully saturated rings. The maximum atomic E-state index is 13.4. The quantitative estimate of drug-likeness (QED) is 0.410. The highest BCUT2D eigenvalue weighted by atomic mass is 16.5. The first-order chi connectivity index (χ1) is 15.1. The molecule has 184 valence electrons. The molecule has 0 spiro atoms. The number of aliphatic hydroxyl groups excluding tert-OH is 1. The molecule has 0 amide bonds. The van der Waals surface area contributed by atoms with Gasteiger partial charge in [-0.3, -0.25) is 9.59 Å². The summed E-state index contributed by atoms with van der Waals surface area (Å²) in [6.45, 7) is 14.9. The number of aliphatic hydroxyl groups is 2. The van der Waals surface area contributed by atoms with Gasteiger partial charge < -0.3 is 14.9 Å². The van der Waals surface area contributed by atoms with E-state index in [2.05, 4.69) is 26.0 Å². The molecule has 3 aliphatic rings. The van der Waals surface area contributed by atoms with Gasteiger partial charge in [-0.15, -0.1) is 0 Å². The van der Waals surface area contributed by atoms with E-state index in [0.29, 0.717) is 24.3 Å². The van der Waals surface area contributed by atoms with Crippen LogP contribution < -0.4 is 0 Å². The fourth-order valence-electron chi connectivity index (χ4n) is 5.43. The van der Waals surface area contributed by atoms with Crippen LogP contribution in [0.1, 0.15) is 87.5 Å². The number of fused-ring (bicyclic) bond motifs is 2. The molecule has 0 bridgehead atoms. The van der Waals surface area contributed by atoms with Crippen molar-refractivity contribution in [2.75, 3.05) is 0 Å². The Hall–Kier alpha value is -1.88. The topological polar surface area (TPSA) is 83.8 Å². The summed E-state index contributed by atoms with van der Waals surface area (Å²) in [5.41, 5.74) is -1.88. The van der Waals surface area contributed by atoms with E-state index in [4.69, 9.17) is 4.74 Å². The van der Waals surface area contributed by atoms with Crippen LogP contribution in [0.4, 0.5) is 0 Å². The third-order valence-electron chi connectivity index (χ3n) is 8.10. The average Bonchev–Trinajstić information content (AvgIpc) is 2.70. The van der Waals surface area contributed by atoms with Gasteiger partial charge in [0.05, 0.1) is 11.0 Å². The van der Waals surface area contributed by atoms with Gasteiger partial charge in [-0.05, 0) is 72.6 Å². The van der Waals surface area contributed by atoms with Gasteiger partial charge in [0, 0.05) is 23.3 Å². The number of rotatable bonds is 3. The first-order valence-corrected chi connectivity index (χ1v) is 12.5. The molecule has 0 radical (unpaired) electrons. The molecule has 0 saturated carbocycles. The molecule has 5 heteroatoms. The van der Waals surface area contributed by atoms with Crippen molar-refractivity contribution in [3.05, 3.63) is 34.8 Å². The lowest BCUT2D eigenvalue weighted by molar-refractivity contribution is -0.130. The van der Waals surface area contributed by atoms with E-state index in [1.807, 2.05) is 13.8 Å². The van der Waals surface area contributed by atoms with Crippen molar-refractivity contribution >= 4 is 11.6 Å². The number of ether oxygens (including phenoxy) is 1. The molecule has 0 aromatic rings. The summed E-state index contributed by atoms with van der Waals surface area (Å²) in [7, 11) is 0. The molecule has 0 aromatic heterocycles. The second kappa shape index (κ2) is 8.72. The Labute approximate surface area is 199 Å². The highest BCUT2D eigenvalue weighted by molar-refractivity contribution is 6.24. The van der Waals surface area contributed by atoms with Crippen LogP contribution in [-0.4, -0.2) is 33.0 Å². The Morgan fingerprint density at radius 1 is 1.15 bits per heavy atom. The van der Waals surface area contributed by atoms with Crippen molar-refractivity contribution < 1.29 is 24.5 Å². The first kappa shape index (κ1) is 25.7. The Morgan fingerprint density at radius 3 is 2.36 bits per heavy atom. The number of hydrogen-bond acceptors (Lipinski definition) is 5. The van der Waals surface area contributed by atoms with E-state index in [1.54, 1.807) is 27.7 Å². The predicted molar refractivity (Wildman–Crippen MR) is 129 cm³/mol. The molecule has 5 nitrogen and oxygen atoms in total. The lowest BCUT2D eigenvalue weighted by Crippen LogP contribution is -2.47. The van der Waals surface area contributed by atoms with Crippen LogP contribution in [0.3, 0.4) is 0 Å². The van der Waals surface area contributed by atoms with Gasteiger partial charge in [0.1, 0.15) is 22.7 Å². The molecule has 0 aromatic carbocycles. The molecule has 2 N–H and O–H groups in total. The van der Waals surface area contributed by atoms with Crippen molar-refractivity contribution in [3.8, 4) is 0 Å². The van der Waals surface area contributed by atoms with E-state index in [0.717, 1.165) is 19.3 Å². The SMILES string of the molecule is CC(C)C(=O)C1=C2O[C@]3(C)CC[C@@H](C(C)(C)O)C=C[C@@H](C)CC[C@H]3CC2=C(O)C(C)(C)C1=O. The lowest BCUT2D eigenvalue weighted by Gasteiger charge is -2.48. The summed E-state index contributed by atoms with van der Waals surface area (Å²) in [6, 6.07) is 0. The fourth-order valence-corrected chi connectivity index (χ4v) is 5.43. The Morgan fingerprint density at radius 2 is 1.79 bits per heavy atom. The van der Waals surface area contributed by atoms with E-state index in [9.17, 15) is 19.8 Å². The van der Waals surface area contributed by atoms with Crippen LogP contribution >= 0.6 is 0 Å². The van der Waals surface area contributed by atoms with E-state index in [-0.39, 0.29) is 46.4 Å². The molecule has 4 atom stereocenters. The van der Waals surface area contributed by atoms with Crippen LogP contribution in [0, 0.1) is 29.1 Å². The number of carbonyl (C=O) groups is 2. The Balaban J connectivity index is 2.11. The lowest BCUT2D eigenvalue weighted by atomic mass is 9.67. The van der Waals surface area contributed by atoms with Crippen LogP contribution in [-0.2, 0) is 14.3 Å². The Kier molecular flexibility index (Phi) is 6.80. The van der Waals surface area contributed by atoms with Gasteiger partial charge >= 0.3 is 0 Å². The average molecular weight is 459 g/mol. The summed E-state index contributed by atoms with van der Waals surface area (Å²) >= 11 is 0. The highest BCUT2D eigenvalue weighted by Gasteiger charge is 2.52. The first-order valence-electron chi connectivity index (χ1n) is 12.5. The van der Waals surface area contributed by atoms with Crippen molar-refractivity contribution in [3.63, 3.8) is 0 Å². The van der Waals surface area contributed by atoms with Crippen molar-refractivity contribution in [2.45, 2.75) is 98.7 Å². The standard InChI is InChI=1S/C28H42O5/c1-16(2)22(29)21-23-20(24(30)26(4,5)25(21)31)15-19-12-10-17(3)9-11-18(27(6,7)32)13-14-28(19,8)33-23/h9,11,16-19,30,32H,10,12-15H2,1-8H3/t17-,18+,19+,28-/m1/s1. The van der Waals surface area contributed by atoms with E-state index < -0.39 is 16.6 Å². The molecular formula is C28H42O5. The molecule has 3 rings (SSSR count). The molecule has 1 heterocycles. The predicted octanol–water partition coefficient (Wildman–Crippen LogP) is 5.84. The van der Waals surface area contributed by atoms with E-state index >= 15 is 0 Å². The Bertz CT molecular complexity index is 911. The van der Waals surface area contributed by atoms with Gasteiger partial charge in [0.2, 0.25) is 0 Å². The summed E-state index contributed by atoms with van der Waals surface area (Å²) in [4.78, 5) is 26.5.